The summed E-state index contributed by atoms with van der Waals surface area (Å²) in [6.45, 7) is -0.786. The average Bonchev–Trinajstić information content (AvgIpc) is 2.61. The van der Waals surface area contributed by atoms with Gasteiger partial charge >= 0.3 is 0 Å². The molecule has 0 atom stereocenters. The standard InChI is InChI=1S/C18H16ClN3O3/c19-12-1-2-15-16(3-4-20-17(15)7-12)21-13-5-11(9-23)6-14(8-13)22-18(25)10-24/h1-8,23-24H,9-10H2,(H,20,21)(H,22,25). The number of carbonyl (C=O) groups is 1. The van der Waals surface area contributed by atoms with Crippen LogP contribution in [0.3, 0.4) is 0 Å². The second kappa shape index (κ2) is 7.48. The van der Waals surface area contributed by atoms with Crippen molar-refractivity contribution in [2.45, 2.75) is 6.61 Å². The fraction of sp³-hybridized carbons (Fsp3) is 0.111. The fourth-order valence-electron chi connectivity index (χ4n) is 2.51. The summed E-state index contributed by atoms with van der Waals surface area (Å²) >= 11 is 6.00. The molecule has 25 heavy (non-hydrogen) atoms. The molecule has 3 rings (SSSR count). The van der Waals surface area contributed by atoms with Gasteiger partial charge in [0.2, 0.25) is 5.91 Å². The van der Waals surface area contributed by atoms with Gasteiger partial charge in [-0.05, 0) is 48.0 Å². The number of hydrogen-bond acceptors (Lipinski definition) is 5. The Bertz CT molecular complexity index is 931. The summed E-state index contributed by atoms with van der Waals surface area (Å²) in [4.78, 5) is 15.7. The molecule has 4 N–H and O–H groups in total. The minimum absolute atomic E-state index is 0.176. The zero-order valence-electron chi connectivity index (χ0n) is 13.2. The highest BCUT2D eigenvalue weighted by molar-refractivity contribution is 6.31. The van der Waals surface area contributed by atoms with Gasteiger partial charge in [0.05, 0.1) is 12.1 Å². The van der Waals surface area contributed by atoms with E-state index in [1.165, 1.54) is 0 Å². The number of hydrogen-bond donors (Lipinski definition) is 4. The minimum atomic E-state index is -0.609. The largest absolute Gasteiger partial charge is 0.392 e. The van der Waals surface area contributed by atoms with Crippen LogP contribution in [0.25, 0.3) is 10.9 Å². The van der Waals surface area contributed by atoms with Crippen molar-refractivity contribution in [2.75, 3.05) is 17.2 Å². The third-order valence-corrected chi connectivity index (χ3v) is 3.82. The van der Waals surface area contributed by atoms with Crippen LogP contribution in [0.2, 0.25) is 5.02 Å². The van der Waals surface area contributed by atoms with Crippen LogP contribution in [-0.4, -0.2) is 27.7 Å². The lowest BCUT2D eigenvalue weighted by atomic mass is 10.1. The molecule has 0 aliphatic rings. The molecule has 0 saturated carbocycles. The van der Waals surface area contributed by atoms with Gasteiger partial charge in [-0.15, -0.1) is 0 Å². The van der Waals surface area contributed by atoms with Gasteiger partial charge in [-0.3, -0.25) is 9.78 Å². The molecule has 0 unspecified atom stereocenters. The molecule has 0 bridgehead atoms. The monoisotopic (exact) mass is 357 g/mol. The Morgan fingerprint density at radius 2 is 1.88 bits per heavy atom. The van der Waals surface area contributed by atoms with Crippen LogP contribution in [0.5, 0.6) is 0 Å². The number of carbonyl (C=O) groups excluding carboxylic acids is 1. The highest BCUT2D eigenvalue weighted by Gasteiger charge is 2.07. The van der Waals surface area contributed by atoms with E-state index in [-0.39, 0.29) is 6.61 Å². The lowest BCUT2D eigenvalue weighted by molar-refractivity contribution is -0.118. The van der Waals surface area contributed by atoms with Crippen LogP contribution in [0.1, 0.15) is 5.56 Å². The van der Waals surface area contributed by atoms with Crippen molar-refractivity contribution in [1.29, 1.82) is 0 Å². The maximum Gasteiger partial charge on any atom is 0.250 e. The first-order valence-corrected chi connectivity index (χ1v) is 7.93. The summed E-state index contributed by atoms with van der Waals surface area (Å²) in [7, 11) is 0. The van der Waals surface area contributed by atoms with Gasteiger partial charge in [0.25, 0.3) is 0 Å². The molecule has 1 heterocycles. The van der Waals surface area contributed by atoms with Gasteiger partial charge in [-0.2, -0.15) is 0 Å². The molecule has 1 amide bonds. The number of halogens is 1. The predicted molar refractivity (Wildman–Crippen MR) is 98.1 cm³/mol. The predicted octanol–water partition coefficient (Wildman–Crippen LogP) is 3.05. The molecule has 0 radical (unpaired) electrons. The zero-order chi connectivity index (χ0) is 17.8. The third kappa shape index (κ3) is 4.06. The quantitative estimate of drug-likeness (QED) is 0.563. The number of amides is 1. The maximum absolute atomic E-state index is 11.4. The van der Waals surface area contributed by atoms with Crippen molar-refractivity contribution in [2.24, 2.45) is 0 Å². The van der Waals surface area contributed by atoms with Crippen molar-refractivity contribution in [3.05, 3.63) is 59.2 Å². The van der Waals surface area contributed by atoms with Crippen LogP contribution in [-0.2, 0) is 11.4 Å². The van der Waals surface area contributed by atoms with E-state index in [9.17, 15) is 9.90 Å². The molecule has 6 nitrogen and oxygen atoms in total. The first kappa shape index (κ1) is 17.2. The number of benzene rings is 2. The van der Waals surface area contributed by atoms with Crippen molar-refractivity contribution in [3.63, 3.8) is 0 Å². The SMILES string of the molecule is O=C(CO)Nc1cc(CO)cc(Nc2ccnc3cc(Cl)ccc23)c1. The number of aliphatic hydroxyl groups is 2. The Kier molecular flexibility index (Phi) is 5.14. The Hall–Kier alpha value is -2.67. The van der Waals surface area contributed by atoms with Crippen LogP contribution >= 0.6 is 11.6 Å². The summed E-state index contributed by atoms with van der Waals surface area (Å²) in [5.74, 6) is -0.523. The molecule has 3 aromatic rings. The highest BCUT2D eigenvalue weighted by Crippen LogP contribution is 2.29. The first-order valence-electron chi connectivity index (χ1n) is 7.56. The lowest BCUT2D eigenvalue weighted by Crippen LogP contribution is -2.15. The van der Waals surface area contributed by atoms with Crippen LogP contribution in [0.4, 0.5) is 17.1 Å². The Morgan fingerprint density at radius 3 is 2.64 bits per heavy atom. The highest BCUT2D eigenvalue weighted by atomic mass is 35.5. The van der Waals surface area contributed by atoms with E-state index in [0.717, 1.165) is 16.6 Å². The van der Waals surface area contributed by atoms with Gasteiger partial charge in [0.1, 0.15) is 6.61 Å². The number of rotatable bonds is 5. The van der Waals surface area contributed by atoms with Crippen molar-refractivity contribution >= 4 is 45.5 Å². The van der Waals surface area contributed by atoms with E-state index in [1.807, 2.05) is 12.1 Å². The van der Waals surface area contributed by atoms with Gasteiger partial charge < -0.3 is 20.8 Å². The van der Waals surface area contributed by atoms with Crippen LogP contribution in [0.15, 0.2) is 48.7 Å². The van der Waals surface area contributed by atoms with E-state index in [4.69, 9.17) is 16.7 Å². The summed E-state index contributed by atoms with van der Waals surface area (Å²) in [5, 5.41) is 25.6. The molecular weight excluding hydrogens is 342 g/mol. The van der Waals surface area contributed by atoms with E-state index < -0.39 is 12.5 Å². The van der Waals surface area contributed by atoms with Crippen LogP contribution in [0, 0.1) is 0 Å². The average molecular weight is 358 g/mol. The summed E-state index contributed by atoms with van der Waals surface area (Å²) in [5.41, 5.74) is 3.36. The lowest BCUT2D eigenvalue weighted by Gasteiger charge is -2.13. The molecule has 0 spiro atoms. The molecule has 0 aliphatic heterocycles. The summed E-state index contributed by atoms with van der Waals surface area (Å²) < 4.78 is 0. The molecule has 1 aromatic heterocycles. The number of aliphatic hydroxyl groups excluding tert-OH is 2. The molecule has 128 valence electrons. The summed E-state index contributed by atoms with van der Waals surface area (Å²) in [6.07, 6.45) is 1.67. The van der Waals surface area contributed by atoms with Gasteiger partial charge in [-0.1, -0.05) is 11.6 Å². The molecule has 0 saturated heterocycles. The van der Waals surface area contributed by atoms with E-state index >= 15 is 0 Å². The second-order valence-corrected chi connectivity index (χ2v) is 5.86. The second-order valence-electron chi connectivity index (χ2n) is 5.43. The van der Waals surface area contributed by atoms with Crippen molar-refractivity contribution < 1.29 is 15.0 Å². The number of nitrogens with zero attached hydrogens (tertiary/aromatic N) is 1. The van der Waals surface area contributed by atoms with Crippen molar-refractivity contribution in [1.82, 2.24) is 4.98 Å². The maximum atomic E-state index is 11.4. The number of aromatic nitrogens is 1. The van der Waals surface area contributed by atoms with Crippen molar-refractivity contribution in [3.8, 4) is 0 Å². The minimum Gasteiger partial charge on any atom is -0.392 e. The smallest absolute Gasteiger partial charge is 0.250 e. The number of anilines is 3. The molecular formula is C18H16ClN3O3. The molecule has 7 heteroatoms. The van der Waals surface area contributed by atoms with E-state index in [0.29, 0.717) is 22.0 Å². The van der Waals surface area contributed by atoms with Crippen LogP contribution < -0.4 is 10.6 Å². The Morgan fingerprint density at radius 1 is 1.08 bits per heavy atom. The molecule has 2 aromatic carbocycles. The topological polar surface area (TPSA) is 94.5 Å². The third-order valence-electron chi connectivity index (χ3n) is 3.59. The number of fused-ring (bicyclic) bond motifs is 1. The van der Waals surface area contributed by atoms with Gasteiger partial charge in [-0.25, -0.2) is 0 Å². The number of nitrogens with one attached hydrogen (secondary N) is 2. The summed E-state index contributed by atoms with van der Waals surface area (Å²) in [6, 6.07) is 12.4. The van der Waals surface area contributed by atoms with Gasteiger partial charge in [0.15, 0.2) is 0 Å². The first-order chi connectivity index (χ1) is 12.1. The fourth-order valence-corrected chi connectivity index (χ4v) is 2.68. The Labute approximate surface area is 149 Å². The molecule has 0 fully saturated rings. The van der Waals surface area contributed by atoms with E-state index in [1.54, 1.807) is 36.5 Å². The zero-order valence-corrected chi connectivity index (χ0v) is 13.9. The number of pyridine rings is 1. The molecule has 0 aliphatic carbocycles. The Balaban J connectivity index is 1.97. The van der Waals surface area contributed by atoms with Gasteiger partial charge in [0, 0.05) is 33.7 Å². The normalized spacial score (nSPS) is 10.7. The van der Waals surface area contributed by atoms with E-state index in [2.05, 4.69) is 15.6 Å².